The van der Waals surface area contributed by atoms with E-state index in [9.17, 15) is 9.18 Å². The number of amides is 1. The molecule has 21 heavy (non-hydrogen) atoms. The van der Waals surface area contributed by atoms with Crippen molar-refractivity contribution in [2.24, 2.45) is 0 Å². The van der Waals surface area contributed by atoms with Crippen LogP contribution in [0.3, 0.4) is 0 Å². The van der Waals surface area contributed by atoms with Crippen LogP contribution in [0.15, 0.2) is 18.2 Å². The van der Waals surface area contributed by atoms with Gasteiger partial charge in [0.15, 0.2) is 0 Å². The summed E-state index contributed by atoms with van der Waals surface area (Å²) >= 11 is 0. The third kappa shape index (κ3) is 2.75. The van der Waals surface area contributed by atoms with Gasteiger partial charge in [-0.2, -0.15) is 0 Å². The van der Waals surface area contributed by atoms with Gasteiger partial charge in [0, 0.05) is 30.9 Å². The van der Waals surface area contributed by atoms with Gasteiger partial charge in [0.2, 0.25) is 0 Å². The number of carbonyl (C=O) groups excluding carboxylic acids is 1. The normalized spacial score (nSPS) is 26.5. The van der Waals surface area contributed by atoms with Crippen molar-refractivity contribution in [1.82, 2.24) is 9.80 Å². The summed E-state index contributed by atoms with van der Waals surface area (Å²) in [6.07, 6.45) is 3.57. The minimum absolute atomic E-state index is 0.0890. The molecule has 2 aliphatic rings. The summed E-state index contributed by atoms with van der Waals surface area (Å²) < 4.78 is 13.9. The largest absolute Gasteiger partial charge is 0.399 e. The topological polar surface area (TPSA) is 49.6 Å². The minimum Gasteiger partial charge on any atom is -0.399 e. The van der Waals surface area contributed by atoms with Gasteiger partial charge in [0.1, 0.15) is 5.82 Å². The molecule has 0 radical (unpaired) electrons. The lowest BCUT2D eigenvalue weighted by atomic mass is 9.96. The van der Waals surface area contributed by atoms with Crippen molar-refractivity contribution in [2.45, 2.75) is 38.3 Å². The molecule has 1 amide bonds. The minimum atomic E-state index is -0.493. The Bertz CT molecular complexity index is 548. The molecule has 0 saturated carbocycles. The second-order valence-corrected chi connectivity index (χ2v) is 6.19. The summed E-state index contributed by atoms with van der Waals surface area (Å²) in [6.45, 7) is 4.71. The molecule has 1 aromatic carbocycles. The number of nitrogens with two attached hydrogens (primary N) is 1. The Morgan fingerprint density at radius 1 is 1.33 bits per heavy atom. The summed E-state index contributed by atoms with van der Waals surface area (Å²) in [5.74, 6) is -0.731. The Kier molecular flexibility index (Phi) is 3.85. The van der Waals surface area contributed by atoms with Gasteiger partial charge >= 0.3 is 0 Å². The zero-order valence-corrected chi connectivity index (χ0v) is 12.4. The van der Waals surface area contributed by atoms with Gasteiger partial charge in [0.25, 0.3) is 5.91 Å². The van der Waals surface area contributed by atoms with Crippen LogP contribution in [-0.2, 0) is 0 Å². The van der Waals surface area contributed by atoms with Crippen LogP contribution in [0.1, 0.15) is 36.5 Å². The first-order valence-corrected chi connectivity index (χ1v) is 7.66. The van der Waals surface area contributed by atoms with Crippen molar-refractivity contribution in [3.05, 3.63) is 29.6 Å². The molecule has 0 aliphatic carbocycles. The second kappa shape index (κ2) is 5.64. The average molecular weight is 291 g/mol. The van der Waals surface area contributed by atoms with E-state index >= 15 is 0 Å². The van der Waals surface area contributed by atoms with Crippen LogP contribution in [0.4, 0.5) is 10.1 Å². The number of hydrogen-bond acceptors (Lipinski definition) is 3. The van der Waals surface area contributed by atoms with E-state index in [2.05, 4.69) is 4.90 Å². The Balaban J connectivity index is 1.82. The molecule has 3 rings (SSSR count). The zero-order valence-electron chi connectivity index (χ0n) is 12.4. The highest BCUT2D eigenvalue weighted by atomic mass is 19.1. The summed E-state index contributed by atoms with van der Waals surface area (Å²) in [6, 6.07) is 4.71. The highest BCUT2D eigenvalue weighted by Gasteiger charge is 2.36. The van der Waals surface area contributed by atoms with E-state index in [0.717, 1.165) is 19.5 Å². The standard InChI is InChI=1S/C16H22FN3O/c1-11-9-19-7-3-2-4-13(19)10-20(11)16(21)14-8-12(18)5-6-15(14)17/h5-6,8,11,13H,2-4,7,9-10,18H2,1H3. The molecule has 0 bridgehead atoms. The number of carbonyl (C=O) groups is 1. The number of piperidine rings is 1. The quantitative estimate of drug-likeness (QED) is 0.806. The average Bonchev–Trinajstić information content (AvgIpc) is 2.48. The maximum atomic E-state index is 13.9. The predicted molar refractivity (Wildman–Crippen MR) is 80.5 cm³/mol. The Morgan fingerprint density at radius 2 is 2.14 bits per heavy atom. The maximum absolute atomic E-state index is 13.9. The molecule has 4 nitrogen and oxygen atoms in total. The van der Waals surface area contributed by atoms with Crippen molar-refractivity contribution >= 4 is 11.6 Å². The molecule has 2 heterocycles. The molecule has 5 heteroatoms. The van der Waals surface area contributed by atoms with Gasteiger partial charge < -0.3 is 10.6 Å². The zero-order chi connectivity index (χ0) is 15.0. The van der Waals surface area contributed by atoms with Crippen molar-refractivity contribution in [3.8, 4) is 0 Å². The Morgan fingerprint density at radius 3 is 2.95 bits per heavy atom. The molecule has 1 aromatic rings. The Hall–Kier alpha value is -1.62. The summed E-state index contributed by atoms with van der Waals surface area (Å²) in [4.78, 5) is 16.9. The van der Waals surface area contributed by atoms with Crippen molar-refractivity contribution in [3.63, 3.8) is 0 Å². The van der Waals surface area contributed by atoms with Crippen LogP contribution in [0.2, 0.25) is 0 Å². The van der Waals surface area contributed by atoms with E-state index in [1.54, 1.807) is 0 Å². The molecule has 2 atom stereocenters. The number of fused-ring (bicyclic) bond motifs is 1. The van der Waals surface area contributed by atoms with Gasteiger partial charge in [-0.3, -0.25) is 9.69 Å². The number of nitrogens with zero attached hydrogens (tertiary/aromatic N) is 2. The number of nitrogen functional groups attached to an aromatic ring is 1. The number of piperazine rings is 1. The third-order valence-corrected chi connectivity index (χ3v) is 4.67. The van der Waals surface area contributed by atoms with Gasteiger partial charge in [-0.1, -0.05) is 6.42 Å². The molecule has 0 spiro atoms. The fourth-order valence-corrected chi connectivity index (χ4v) is 3.50. The van der Waals surface area contributed by atoms with Crippen LogP contribution in [0.5, 0.6) is 0 Å². The molecule has 114 valence electrons. The molecular formula is C16H22FN3O. The fourth-order valence-electron chi connectivity index (χ4n) is 3.50. The van der Waals surface area contributed by atoms with Gasteiger partial charge in [-0.15, -0.1) is 0 Å². The van der Waals surface area contributed by atoms with Crippen LogP contribution in [0, 0.1) is 5.82 Å². The molecule has 2 unspecified atom stereocenters. The van der Waals surface area contributed by atoms with Crippen LogP contribution in [0.25, 0.3) is 0 Å². The number of rotatable bonds is 1. The lowest BCUT2D eigenvalue weighted by molar-refractivity contribution is 0.0149. The van der Waals surface area contributed by atoms with Crippen molar-refractivity contribution in [2.75, 3.05) is 25.4 Å². The number of hydrogen-bond donors (Lipinski definition) is 1. The van der Waals surface area contributed by atoms with E-state index in [1.165, 1.54) is 31.0 Å². The molecule has 2 saturated heterocycles. The first-order valence-electron chi connectivity index (χ1n) is 7.66. The van der Waals surface area contributed by atoms with Gasteiger partial charge in [0.05, 0.1) is 5.56 Å². The maximum Gasteiger partial charge on any atom is 0.257 e. The highest BCUT2D eigenvalue weighted by Crippen LogP contribution is 2.26. The summed E-state index contributed by atoms with van der Waals surface area (Å²) in [5, 5.41) is 0. The van der Waals surface area contributed by atoms with E-state index in [1.807, 2.05) is 11.8 Å². The van der Waals surface area contributed by atoms with Crippen LogP contribution < -0.4 is 5.73 Å². The fraction of sp³-hybridized carbons (Fsp3) is 0.562. The first-order chi connectivity index (χ1) is 10.1. The smallest absolute Gasteiger partial charge is 0.257 e. The monoisotopic (exact) mass is 291 g/mol. The van der Waals surface area contributed by atoms with Gasteiger partial charge in [-0.25, -0.2) is 4.39 Å². The van der Waals surface area contributed by atoms with E-state index in [0.29, 0.717) is 18.3 Å². The summed E-state index contributed by atoms with van der Waals surface area (Å²) in [7, 11) is 0. The van der Waals surface area contributed by atoms with Crippen LogP contribution in [-0.4, -0.2) is 47.4 Å². The van der Waals surface area contributed by atoms with E-state index in [4.69, 9.17) is 5.73 Å². The van der Waals surface area contributed by atoms with E-state index in [-0.39, 0.29) is 17.5 Å². The Labute approximate surface area is 124 Å². The third-order valence-electron chi connectivity index (χ3n) is 4.67. The first kappa shape index (κ1) is 14.3. The molecule has 0 aromatic heterocycles. The number of halogens is 1. The lowest BCUT2D eigenvalue weighted by Crippen LogP contribution is -2.60. The summed E-state index contributed by atoms with van der Waals surface area (Å²) in [5.41, 5.74) is 6.20. The number of benzene rings is 1. The molecule has 2 aliphatic heterocycles. The molecule has 2 fully saturated rings. The van der Waals surface area contributed by atoms with Crippen LogP contribution >= 0.6 is 0 Å². The lowest BCUT2D eigenvalue weighted by Gasteiger charge is -2.47. The SMILES string of the molecule is CC1CN2CCCCC2CN1C(=O)c1cc(N)ccc1F. The predicted octanol–water partition coefficient (Wildman–Crippen LogP) is 2.11. The highest BCUT2D eigenvalue weighted by molar-refractivity contribution is 5.95. The molecule has 2 N–H and O–H groups in total. The number of anilines is 1. The van der Waals surface area contributed by atoms with Crippen molar-refractivity contribution in [1.29, 1.82) is 0 Å². The second-order valence-electron chi connectivity index (χ2n) is 6.19. The van der Waals surface area contributed by atoms with E-state index < -0.39 is 5.82 Å². The molecular weight excluding hydrogens is 269 g/mol. The van der Waals surface area contributed by atoms with Crippen molar-refractivity contribution < 1.29 is 9.18 Å². The van der Waals surface area contributed by atoms with Gasteiger partial charge in [-0.05, 0) is 44.5 Å².